The van der Waals surface area contributed by atoms with Crippen LogP contribution in [0, 0.1) is 0 Å². The van der Waals surface area contributed by atoms with E-state index in [0.29, 0.717) is 16.0 Å². The lowest BCUT2D eigenvalue weighted by Gasteiger charge is -2.10. The first kappa shape index (κ1) is 17.3. The molecule has 122 valence electrons. The number of carbonyl (C=O) groups is 2. The van der Waals surface area contributed by atoms with E-state index in [9.17, 15) is 9.59 Å². The van der Waals surface area contributed by atoms with Crippen molar-refractivity contribution in [2.24, 2.45) is 7.05 Å². The summed E-state index contributed by atoms with van der Waals surface area (Å²) in [6.07, 6.45) is -0.790. The third kappa shape index (κ3) is 4.23. The van der Waals surface area contributed by atoms with E-state index in [1.807, 2.05) is 12.1 Å². The Morgan fingerprint density at radius 3 is 2.57 bits per heavy atom. The number of hydrogen-bond acceptors (Lipinski definition) is 6. The van der Waals surface area contributed by atoms with E-state index in [4.69, 9.17) is 11.6 Å². The summed E-state index contributed by atoms with van der Waals surface area (Å²) < 4.78 is 6.17. The smallest absolute Gasteiger partial charge is 0.413 e. The molecule has 1 aromatic carbocycles. The van der Waals surface area contributed by atoms with Crippen LogP contribution in [0.15, 0.2) is 29.4 Å². The van der Waals surface area contributed by atoms with E-state index in [0.717, 1.165) is 5.56 Å². The molecule has 0 aliphatic carbocycles. The number of hydrogen-bond donors (Lipinski definition) is 1. The summed E-state index contributed by atoms with van der Waals surface area (Å²) in [7, 11) is 3.00. The van der Waals surface area contributed by atoms with E-state index < -0.39 is 17.3 Å². The fraction of sp³-hybridized carbons (Fsp3) is 0.286. The van der Waals surface area contributed by atoms with Crippen molar-refractivity contribution in [2.75, 3.05) is 7.11 Å². The maximum atomic E-state index is 11.8. The number of methoxy groups -OCH3 is 1. The van der Waals surface area contributed by atoms with Crippen LogP contribution in [-0.4, -0.2) is 39.1 Å². The number of amides is 2. The first-order chi connectivity index (χ1) is 10.9. The van der Waals surface area contributed by atoms with Gasteiger partial charge in [0.2, 0.25) is 5.91 Å². The van der Waals surface area contributed by atoms with Gasteiger partial charge in [-0.25, -0.2) is 4.79 Å². The van der Waals surface area contributed by atoms with Crippen molar-refractivity contribution in [1.29, 1.82) is 0 Å². The van der Waals surface area contributed by atoms with E-state index in [2.05, 4.69) is 20.3 Å². The molecule has 9 heteroatoms. The van der Waals surface area contributed by atoms with E-state index >= 15 is 0 Å². The highest BCUT2D eigenvalue weighted by Gasteiger charge is 2.21. The van der Waals surface area contributed by atoms with Crippen LogP contribution >= 0.6 is 23.4 Å². The molecule has 2 rings (SSSR count). The summed E-state index contributed by atoms with van der Waals surface area (Å²) in [6.45, 7) is 1.67. The highest BCUT2D eigenvalue weighted by molar-refractivity contribution is 8.00. The number of nitrogens with one attached hydrogen (secondary N) is 1. The molecule has 0 saturated carbocycles. The van der Waals surface area contributed by atoms with Crippen molar-refractivity contribution in [3.05, 3.63) is 29.3 Å². The highest BCUT2D eigenvalue weighted by Crippen LogP contribution is 2.26. The summed E-state index contributed by atoms with van der Waals surface area (Å²) in [5.41, 5.74) is 0.864. The number of aromatic nitrogens is 3. The molecular formula is C14H15ClN4O3S. The molecule has 1 atom stereocenters. The third-order valence-corrected chi connectivity index (χ3v) is 4.39. The fourth-order valence-corrected chi connectivity index (χ4v) is 2.67. The molecule has 0 bridgehead atoms. The molecule has 0 aliphatic rings. The first-order valence-electron chi connectivity index (χ1n) is 6.63. The van der Waals surface area contributed by atoms with Gasteiger partial charge < -0.3 is 9.30 Å². The van der Waals surface area contributed by atoms with Crippen LogP contribution < -0.4 is 5.32 Å². The molecule has 0 aliphatic heterocycles. The van der Waals surface area contributed by atoms with Crippen molar-refractivity contribution in [2.45, 2.75) is 17.3 Å². The summed E-state index contributed by atoms with van der Waals surface area (Å²) >= 11 is 7.07. The maximum absolute atomic E-state index is 11.8. The first-order valence-corrected chi connectivity index (χ1v) is 7.89. The Hall–Kier alpha value is -2.06. The predicted octanol–water partition coefficient (Wildman–Crippen LogP) is 2.50. The van der Waals surface area contributed by atoms with Gasteiger partial charge in [-0.3, -0.25) is 10.1 Å². The second-order valence-electron chi connectivity index (χ2n) is 4.61. The summed E-state index contributed by atoms with van der Waals surface area (Å²) in [5.74, 6) is 0.197. The Kier molecular flexibility index (Phi) is 5.62. The molecule has 23 heavy (non-hydrogen) atoms. The number of nitrogens with zero attached hydrogens (tertiary/aromatic N) is 3. The van der Waals surface area contributed by atoms with Gasteiger partial charge in [-0.1, -0.05) is 23.4 Å². The SMILES string of the molecule is COC(=O)NC(=O)[C@H](C)Sc1nnc(-c2ccc(Cl)cc2)n1C. The third-order valence-electron chi connectivity index (χ3n) is 3.00. The Balaban J connectivity index is 2.11. The van der Waals surface area contributed by atoms with Crippen LogP contribution in [0.1, 0.15) is 6.92 Å². The van der Waals surface area contributed by atoms with Gasteiger partial charge in [0.25, 0.3) is 0 Å². The predicted molar refractivity (Wildman–Crippen MR) is 87.3 cm³/mol. The van der Waals surface area contributed by atoms with Crippen LogP contribution in [0.5, 0.6) is 0 Å². The Morgan fingerprint density at radius 2 is 1.96 bits per heavy atom. The van der Waals surface area contributed by atoms with Crippen LogP contribution in [0.3, 0.4) is 0 Å². The minimum absolute atomic E-state index is 0.460. The van der Waals surface area contributed by atoms with Gasteiger partial charge in [-0.2, -0.15) is 0 Å². The van der Waals surface area contributed by atoms with Crippen molar-refractivity contribution >= 4 is 35.4 Å². The molecule has 1 aromatic heterocycles. The zero-order valence-corrected chi connectivity index (χ0v) is 14.3. The number of benzene rings is 1. The lowest BCUT2D eigenvalue weighted by atomic mass is 10.2. The van der Waals surface area contributed by atoms with Gasteiger partial charge >= 0.3 is 6.09 Å². The van der Waals surface area contributed by atoms with Gasteiger partial charge in [0.1, 0.15) is 0 Å². The molecule has 0 saturated heterocycles. The molecule has 7 nitrogen and oxygen atoms in total. The molecule has 1 heterocycles. The lowest BCUT2D eigenvalue weighted by molar-refractivity contribution is -0.119. The number of carbonyl (C=O) groups excluding carboxylic acids is 2. The van der Waals surface area contributed by atoms with E-state index in [1.165, 1.54) is 18.9 Å². The summed E-state index contributed by atoms with van der Waals surface area (Å²) in [4.78, 5) is 22.9. The monoisotopic (exact) mass is 354 g/mol. The minimum Gasteiger partial charge on any atom is -0.453 e. The van der Waals surface area contributed by atoms with Crippen LogP contribution in [0.2, 0.25) is 5.02 Å². The Morgan fingerprint density at radius 1 is 1.30 bits per heavy atom. The van der Waals surface area contributed by atoms with Gasteiger partial charge in [0, 0.05) is 17.6 Å². The Labute approximate surface area is 142 Å². The van der Waals surface area contributed by atoms with Gasteiger partial charge in [0.05, 0.1) is 12.4 Å². The maximum Gasteiger partial charge on any atom is 0.413 e. The summed E-state index contributed by atoms with van der Waals surface area (Å²) in [6, 6.07) is 7.22. The van der Waals surface area contributed by atoms with E-state index in [1.54, 1.807) is 30.7 Å². The number of ether oxygens (including phenoxy) is 1. The Bertz CT molecular complexity index is 717. The van der Waals surface area contributed by atoms with Crippen LogP contribution in [0.4, 0.5) is 4.79 Å². The molecule has 2 amide bonds. The van der Waals surface area contributed by atoms with Crippen LogP contribution in [-0.2, 0) is 16.6 Å². The fourth-order valence-electron chi connectivity index (χ4n) is 1.73. The molecule has 1 N–H and O–H groups in total. The van der Waals surface area contributed by atoms with Crippen molar-refractivity contribution in [3.63, 3.8) is 0 Å². The second kappa shape index (κ2) is 7.47. The average Bonchev–Trinajstić information content (AvgIpc) is 2.89. The van der Waals surface area contributed by atoms with Crippen molar-refractivity contribution < 1.29 is 14.3 Å². The number of thioether (sulfide) groups is 1. The standard InChI is InChI=1S/C14H15ClN4O3S/c1-8(12(20)16-14(21)22-3)23-13-18-17-11(19(13)2)9-4-6-10(15)7-5-9/h4-8H,1-3H3,(H,16,20,21)/t8-/m0/s1. The normalized spacial score (nSPS) is 11.8. The quantitative estimate of drug-likeness (QED) is 0.849. The van der Waals surface area contributed by atoms with Gasteiger partial charge in [-0.15, -0.1) is 10.2 Å². The minimum atomic E-state index is -0.790. The molecule has 2 aromatic rings. The van der Waals surface area contributed by atoms with Gasteiger partial charge in [-0.05, 0) is 31.2 Å². The van der Waals surface area contributed by atoms with Gasteiger partial charge in [0.15, 0.2) is 11.0 Å². The molecule has 0 radical (unpaired) electrons. The van der Waals surface area contributed by atoms with E-state index in [-0.39, 0.29) is 0 Å². The number of halogens is 1. The molecular weight excluding hydrogens is 340 g/mol. The average molecular weight is 355 g/mol. The second-order valence-corrected chi connectivity index (χ2v) is 6.36. The largest absolute Gasteiger partial charge is 0.453 e. The zero-order valence-electron chi connectivity index (χ0n) is 12.7. The molecule has 0 spiro atoms. The zero-order chi connectivity index (χ0) is 17.0. The summed E-state index contributed by atoms with van der Waals surface area (Å²) in [5, 5.41) is 11.0. The topological polar surface area (TPSA) is 86.1 Å². The molecule has 0 unspecified atom stereocenters. The van der Waals surface area contributed by atoms with Crippen molar-refractivity contribution in [3.8, 4) is 11.4 Å². The number of alkyl carbamates (subject to hydrolysis) is 1. The van der Waals surface area contributed by atoms with Crippen LogP contribution in [0.25, 0.3) is 11.4 Å². The lowest BCUT2D eigenvalue weighted by Crippen LogP contribution is -2.35. The number of rotatable bonds is 4. The number of imide groups is 1. The molecule has 0 fully saturated rings. The highest BCUT2D eigenvalue weighted by atomic mass is 35.5. The van der Waals surface area contributed by atoms with Crippen molar-refractivity contribution in [1.82, 2.24) is 20.1 Å².